The maximum absolute atomic E-state index is 10.3. The summed E-state index contributed by atoms with van der Waals surface area (Å²) in [6, 6.07) is 12.9. The monoisotopic (exact) mass is 750 g/mol. The highest BCUT2D eigenvalue weighted by atomic mass is 35.5. The Morgan fingerprint density at radius 3 is 1.80 bits per heavy atom. The highest BCUT2D eigenvalue weighted by molar-refractivity contribution is 6.31. The molecule has 0 amide bonds. The Bertz CT molecular complexity index is 1350. The molecular formula is C33H47ClO17. The molecule has 0 aromatic heterocycles. The number of aliphatic hydroxyl groups excluding tert-OH is 12. The zero-order valence-electron chi connectivity index (χ0n) is 27.5. The second kappa shape index (κ2) is 18.8. The maximum atomic E-state index is 10.3. The van der Waals surface area contributed by atoms with E-state index in [0.29, 0.717) is 23.6 Å². The van der Waals surface area contributed by atoms with Crippen LogP contribution in [-0.2, 0) is 25.4 Å². The van der Waals surface area contributed by atoms with Gasteiger partial charge in [0.1, 0.15) is 85.1 Å². The van der Waals surface area contributed by atoms with E-state index in [1.807, 2.05) is 37.3 Å². The summed E-state index contributed by atoms with van der Waals surface area (Å²) in [6.45, 7) is 0.723. The van der Waals surface area contributed by atoms with E-state index < -0.39 is 112 Å². The normalized spacial score (nSPS) is 38.4. The lowest BCUT2D eigenvalue weighted by molar-refractivity contribution is -0.355. The van der Waals surface area contributed by atoms with E-state index in [9.17, 15) is 56.2 Å². The van der Waals surface area contributed by atoms with Crippen LogP contribution in [0.4, 0.5) is 0 Å². The van der Waals surface area contributed by atoms with Crippen molar-refractivity contribution in [3.05, 3.63) is 64.2 Å². The molecule has 5 rings (SSSR count). The second-order valence-electron chi connectivity index (χ2n) is 12.4. The standard InChI is InChI=1S/C21H25ClO6.C12H22O11/c1-2-27-15-6-3-12(4-7-15)9-14-10-13(5-8-16(14)22)21-20(26)19(25)18(24)17(11-23)28-21;13-1-3-5(15)6(16)9(19)12(22-3)23-10-4(2-14)21-11(20)8(18)7(10)17/h3-8,10,17-21,23-26H,2,9,11H2,1H3;3-20H,1-2H2/t17-,18-,19+,20-,21+;3-,4-,5+,6+,7-,8-,9-,10-,11?,12+/m11/s1. The van der Waals surface area contributed by atoms with Crippen LogP contribution in [-0.4, -0.2) is 174 Å². The molecule has 0 spiro atoms. The molecule has 2 aromatic carbocycles. The molecule has 288 valence electrons. The molecule has 18 heteroatoms. The molecule has 3 aliphatic rings. The second-order valence-corrected chi connectivity index (χ2v) is 12.8. The minimum Gasteiger partial charge on any atom is -0.494 e. The molecule has 0 aliphatic carbocycles. The predicted molar refractivity (Wildman–Crippen MR) is 173 cm³/mol. The fraction of sp³-hybridized carbons (Fsp3) is 0.636. The van der Waals surface area contributed by atoms with Crippen molar-refractivity contribution in [2.45, 2.75) is 105 Å². The summed E-state index contributed by atoms with van der Waals surface area (Å²) in [5.41, 5.74) is 2.49. The molecule has 12 N–H and O–H groups in total. The molecule has 3 aliphatic heterocycles. The van der Waals surface area contributed by atoms with Crippen molar-refractivity contribution in [3.8, 4) is 5.75 Å². The molecule has 3 fully saturated rings. The van der Waals surface area contributed by atoms with Crippen LogP contribution in [0, 0.1) is 0 Å². The first kappa shape index (κ1) is 41.6. The fourth-order valence-electron chi connectivity index (χ4n) is 5.94. The minimum atomic E-state index is -1.74. The summed E-state index contributed by atoms with van der Waals surface area (Å²) in [5.74, 6) is 0.799. The Morgan fingerprint density at radius 1 is 0.627 bits per heavy atom. The largest absolute Gasteiger partial charge is 0.494 e. The number of ether oxygens (including phenoxy) is 5. The van der Waals surface area contributed by atoms with E-state index in [-0.39, 0.29) is 0 Å². The summed E-state index contributed by atoms with van der Waals surface area (Å²) in [7, 11) is 0. The van der Waals surface area contributed by atoms with Crippen molar-refractivity contribution < 1.29 is 85.0 Å². The van der Waals surface area contributed by atoms with Gasteiger partial charge in [0.25, 0.3) is 0 Å². The smallest absolute Gasteiger partial charge is 0.187 e. The first-order valence-electron chi connectivity index (χ1n) is 16.3. The Balaban J connectivity index is 0.000000233. The van der Waals surface area contributed by atoms with Gasteiger partial charge in [-0.25, -0.2) is 0 Å². The molecule has 2 aromatic rings. The van der Waals surface area contributed by atoms with Crippen LogP contribution in [0.25, 0.3) is 0 Å². The van der Waals surface area contributed by atoms with Gasteiger partial charge in [0, 0.05) is 5.02 Å². The van der Waals surface area contributed by atoms with Gasteiger partial charge in [0.05, 0.1) is 26.4 Å². The van der Waals surface area contributed by atoms with Crippen molar-refractivity contribution in [2.24, 2.45) is 0 Å². The lowest BCUT2D eigenvalue weighted by atomic mass is 9.90. The highest BCUT2D eigenvalue weighted by Gasteiger charge is 2.50. The molecule has 17 nitrogen and oxygen atoms in total. The van der Waals surface area contributed by atoms with Crippen molar-refractivity contribution >= 4 is 11.6 Å². The zero-order valence-corrected chi connectivity index (χ0v) is 28.3. The third-order valence-corrected chi connectivity index (χ3v) is 9.27. The van der Waals surface area contributed by atoms with E-state index in [4.69, 9.17) is 40.4 Å². The lowest BCUT2D eigenvalue weighted by Crippen LogP contribution is -2.64. The summed E-state index contributed by atoms with van der Waals surface area (Å²) >= 11 is 6.35. The summed E-state index contributed by atoms with van der Waals surface area (Å²) in [4.78, 5) is 0. The van der Waals surface area contributed by atoms with Gasteiger partial charge in [-0.05, 0) is 48.2 Å². The van der Waals surface area contributed by atoms with Crippen LogP contribution in [0.5, 0.6) is 5.75 Å². The van der Waals surface area contributed by atoms with Crippen LogP contribution in [0.1, 0.15) is 29.7 Å². The summed E-state index contributed by atoms with van der Waals surface area (Å²) in [5, 5.41) is 117. The van der Waals surface area contributed by atoms with Gasteiger partial charge < -0.3 is 85.0 Å². The van der Waals surface area contributed by atoms with Crippen molar-refractivity contribution in [2.75, 3.05) is 26.4 Å². The van der Waals surface area contributed by atoms with E-state index in [1.165, 1.54) is 0 Å². The van der Waals surface area contributed by atoms with Gasteiger partial charge in [0.15, 0.2) is 12.6 Å². The Kier molecular flexibility index (Phi) is 15.3. The average Bonchev–Trinajstić information content (AvgIpc) is 3.13. The number of halogens is 1. The number of rotatable bonds is 10. The van der Waals surface area contributed by atoms with E-state index in [1.54, 1.807) is 12.1 Å². The number of hydrogen-bond acceptors (Lipinski definition) is 17. The quantitative estimate of drug-likeness (QED) is 0.112. The average molecular weight is 751 g/mol. The lowest BCUT2D eigenvalue weighted by Gasteiger charge is -2.45. The first-order chi connectivity index (χ1) is 24.3. The predicted octanol–water partition coefficient (Wildman–Crippen LogP) is -3.55. The molecule has 0 radical (unpaired) electrons. The molecular weight excluding hydrogens is 704 g/mol. The molecule has 51 heavy (non-hydrogen) atoms. The Hall–Kier alpha value is -2.11. The van der Waals surface area contributed by atoms with Crippen molar-refractivity contribution in [1.29, 1.82) is 0 Å². The molecule has 3 saturated heterocycles. The van der Waals surface area contributed by atoms with Gasteiger partial charge >= 0.3 is 0 Å². The first-order valence-corrected chi connectivity index (χ1v) is 16.7. The minimum absolute atomic E-state index is 0.464. The molecule has 0 saturated carbocycles. The fourth-order valence-corrected chi connectivity index (χ4v) is 6.13. The zero-order chi connectivity index (χ0) is 37.6. The topological polar surface area (TPSA) is 289 Å². The number of hydrogen-bond donors (Lipinski definition) is 12. The molecule has 15 atom stereocenters. The van der Waals surface area contributed by atoms with Crippen LogP contribution in [0.2, 0.25) is 5.02 Å². The highest BCUT2D eigenvalue weighted by Crippen LogP contribution is 2.35. The maximum Gasteiger partial charge on any atom is 0.187 e. The summed E-state index contributed by atoms with van der Waals surface area (Å²) in [6.07, 6.45) is -21.0. The van der Waals surface area contributed by atoms with Crippen LogP contribution >= 0.6 is 11.6 Å². The molecule has 1 unspecified atom stereocenters. The van der Waals surface area contributed by atoms with Crippen LogP contribution < -0.4 is 4.74 Å². The third-order valence-electron chi connectivity index (χ3n) is 8.90. The van der Waals surface area contributed by atoms with Gasteiger partial charge in [-0.2, -0.15) is 0 Å². The molecule has 0 bridgehead atoms. The van der Waals surface area contributed by atoms with Crippen molar-refractivity contribution in [3.63, 3.8) is 0 Å². The van der Waals surface area contributed by atoms with Crippen LogP contribution in [0.3, 0.4) is 0 Å². The van der Waals surface area contributed by atoms with E-state index in [2.05, 4.69) is 0 Å². The Morgan fingerprint density at radius 2 is 1.22 bits per heavy atom. The third kappa shape index (κ3) is 9.71. The van der Waals surface area contributed by atoms with Crippen molar-refractivity contribution in [1.82, 2.24) is 0 Å². The molecule has 3 heterocycles. The number of benzene rings is 2. The SMILES string of the molecule is CCOc1ccc(Cc2cc([C@@H]3O[C@H](CO)[C@@H](O)[C@H](O)[C@H]3O)ccc2Cl)cc1.OC[C@H]1O[C@@H](O[C@H]2[C@H](O)[C@@H](O)C(O)O[C@@H]2CO)[C@H](O)[C@@H](O)[C@H]1O. The van der Waals surface area contributed by atoms with Gasteiger partial charge in [-0.15, -0.1) is 0 Å². The van der Waals surface area contributed by atoms with Gasteiger partial charge in [-0.1, -0.05) is 35.9 Å². The van der Waals surface area contributed by atoms with E-state index >= 15 is 0 Å². The van der Waals surface area contributed by atoms with Gasteiger partial charge in [-0.3, -0.25) is 0 Å². The summed E-state index contributed by atoms with van der Waals surface area (Å²) < 4.78 is 26.3. The van der Waals surface area contributed by atoms with Crippen LogP contribution in [0.15, 0.2) is 42.5 Å². The Labute approximate surface area is 298 Å². The van der Waals surface area contributed by atoms with E-state index in [0.717, 1.165) is 16.9 Å². The van der Waals surface area contributed by atoms with Gasteiger partial charge in [0.2, 0.25) is 0 Å². The number of aliphatic hydroxyl groups is 12.